The number of hydrogen-bond donors (Lipinski definition) is 1. The number of nitrogens with two attached hydrogens (primary N) is 1. The van der Waals surface area contributed by atoms with Gasteiger partial charge in [-0.1, -0.05) is 6.07 Å². The molecule has 3 heterocycles. The van der Waals surface area contributed by atoms with Crippen molar-refractivity contribution in [2.75, 3.05) is 25.4 Å². The summed E-state index contributed by atoms with van der Waals surface area (Å²) in [6.07, 6.45) is 1.36. The predicted molar refractivity (Wildman–Crippen MR) is 82.2 cm³/mol. The summed E-state index contributed by atoms with van der Waals surface area (Å²) in [4.78, 5) is 22.8. The van der Waals surface area contributed by atoms with Crippen molar-refractivity contribution in [3.63, 3.8) is 0 Å². The molecule has 0 aromatic carbocycles. The summed E-state index contributed by atoms with van der Waals surface area (Å²) in [5.41, 5.74) is 8.56. The van der Waals surface area contributed by atoms with Gasteiger partial charge in [-0.15, -0.1) is 0 Å². The van der Waals surface area contributed by atoms with Gasteiger partial charge in [0.25, 0.3) is 5.91 Å². The molecule has 6 nitrogen and oxygen atoms in total. The Labute approximate surface area is 128 Å². The molecule has 1 aliphatic rings. The highest BCUT2D eigenvalue weighted by atomic mass is 16.5. The van der Waals surface area contributed by atoms with Crippen LogP contribution in [0.1, 0.15) is 28.0 Å². The molecule has 114 valence electrons. The Bertz CT molecular complexity index is 655. The summed E-state index contributed by atoms with van der Waals surface area (Å²) in [6, 6.07) is 8.92. The van der Waals surface area contributed by atoms with E-state index in [-0.39, 0.29) is 12.0 Å². The maximum Gasteiger partial charge on any atom is 0.272 e. The molecule has 6 heteroatoms. The van der Waals surface area contributed by atoms with Crippen LogP contribution in [0.2, 0.25) is 0 Å². The number of anilines is 1. The van der Waals surface area contributed by atoms with Crippen molar-refractivity contribution in [2.45, 2.75) is 13.0 Å². The number of amides is 1. The van der Waals surface area contributed by atoms with Gasteiger partial charge in [0.15, 0.2) is 0 Å². The molecule has 0 bridgehead atoms. The highest BCUT2D eigenvalue weighted by Crippen LogP contribution is 2.23. The zero-order chi connectivity index (χ0) is 15.5. The van der Waals surface area contributed by atoms with E-state index in [0.717, 1.165) is 11.4 Å². The largest absolute Gasteiger partial charge is 0.399 e. The van der Waals surface area contributed by atoms with Gasteiger partial charge in [0.05, 0.1) is 18.8 Å². The topological polar surface area (TPSA) is 81.3 Å². The number of nitrogens with zero attached hydrogens (tertiary/aromatic N) is 3. The molecular weight excluding hydrogens is 280 g/mol. The normalized spacial score (nSPS) is 18.2. The van der Waals surface area contributed by atoms with Gasteiger partial charge in [0.2, 0.25) is 0 Å². The summed E-state index contributed by atoms with van der Waals surface area (Å²) in [5.74, 6) is -0.0884. The monoisotopic (exact) mass is 298 g/mol. The van der Waals surface area contributed by atoms with Gasteiger partial charge in [-0.25, -0.2) is 0 Å². The second kappa shape index (κ2) is 6.11. The molecule has 3 rings (SSSR count). The lowest BCUT2D eigenvalue weighted by Gasteiger charge is -2.32. The van der Waals surface area contributed by atoms with Crippen molar-refractivity contribution < 1.29 is 9.53 Å². The van der Waals surface area contributed by atoms with Crippen molar-refractivity contribution in [1.29, 1.82) is 0 Å². The van der Waals surface area contributed by atoms with E-state index in [0.29, 0.717) is 31.1 Å². The number of aromatic nitrogens is 2. The molecule has 0 unspecified atom stereocenters. The summed E-state index contributed by atoms with van der Waals surface area (Å²) in [7, 11) is 0. The van der Waals surface area contributed by atoms with Crippen LogP contribution in [0.15, 0.2) is 36.5 Å². The first kappa shape index (κ1) is 14.5. The van der Waals surface area contributed by atoms with Gasteiger partial charge in [0, 0.05) is 24.1 Å². The molecule has 1 aliphatic heterocycles. The summed E-state index contributed by atoms with van der Waals surface area (Å²) in [6.45, 7) is 3.36. The number of carbonyl (C=O) groups is 1. The smallest absolute Gasteiger partial charge is 0.272 e. The zero-order valence-electron chi connectivity index (χ0n) is 12.4. The van der Waals surface area contributed by atoms with Crippen molar-refractivity contribution in [2.24, 2.45) is 0 Å². The number of aryl methyl sites for hydroxylation is 1. The number of pyridine rings is 2. The molecule has 1 fully saturated rings. The summed E-state index contributed by atoms with van der Waals surface area (Å²) >= 11 is 0. The summed E-state index contributed by atoms with van der Waals surface area (Å²) in [5, 5.41) is 0. The standard InChI is InChI=1S/C16H18N4O2/c1-11-8-12(17)9-14(19-11)15-10-20(6-7-22-15)16(21)13-4-2-3-5-18-13/h2-5,8-9,15H,6-7,10H2,1H3,(H2,17,19)/t15-/m1/s1. The van der Waals surface area contributed by atoms with Crippen molar-refractivity contribution in [1.82, 2.24) is 14.9 Å². The first-order valence-corrected chi connectivity index (χ1v) is 7.19. The minimum atomic E-state index is -0.261. The molecule has 0 saturated carbocycles. The lowest BCUT2D eigenvalue weighted by atomic mass is 10.1. The van der Waals surface area contributed by atoms with E-state index < -0.39 is 0 Å². The van der Waals surface area contributed by atoms with Crippen LogP contribution in [0.25, 0.3) is 0 Å². The van der Waals surface area contributed by atoms with Crippen LogP contribution in [-0.4, -0.2) is 40.5 Å². The Balaban J connectivity index is 1.78. The first-order valence-electron chi connectivity index (χ1n) is 7.19. The minimum absolute atomic E-state index is 0.0884. The average molecular weight is 298 g/mol. The van der Waals surface area contributed by atoms with Crippen LogP contribution >= 0.6 is 0 Å². The van der Waals surface area contributed by atoms with Crippen molar-refractivity contribution in [3.8, 4) is 0 Å². The zero-order valence-corrected chi connectivity index (χ0v) is 12.4. The van der Waals surface area contributed by atoms with E-state index >= 15 is 0 Å². The lowest BCUT2D eigenvalue weighted by Crippen LogP contribution is -2.42. The van der Waals surface area contributed by atoms with Crippen molar-refractivity contribution >= 4 is 11.6 Å². The fourth-order valence-corrected chi connectivity index (χ4v) is 2.55. The molecule has 22 heavy (non-hydrogen) atoms. The average Bonchev–Trinajstić information content (AvgIpc) is 2.54. The van der Waals surface area contributed by atoms with Crippen LogP contribution in [0.4, 0.5) is 5.69 Å². The van der Waals surface area contributed by atoms with Gasteiger partial charge in [0.1, 0.15) is 11.8 Å². The Morgan fingerprint density at radius 1 is 1.41 bits per heavy atom. The molecule has 2 aromatic rings. The Morgan fingerprint density at radius 2 is 2.27 bits per heavy atom. The second-order valence-corrected chi connectivity index (χ2v) is 5.29. The molecule has 2 N–H and O–H groups in total. The molecule has 1 atom stereocenters. The van der Waals surface area contributed by atoms with Gasteiger partial charge in [-0.2, -0.15) is 0 Å². The molecule has 2 aromatic heterocycles. The van der Waals surface area contributed by atoms with Crippen LogP contribution in [0.3, 0.4) is 0 Å². The maximum atomic E-state index is 12.5. The number of carbonyl (C=O) groups excluding carboxylic acids is 1. The van der Waals surface area contributed by atoms with Gasteiger partial charge in [-0.05, 0) is 31.2 Å². The van der Waals surface area contributed by atoms with E-state index in [2.05, 4.69) is 9.97 Å². The molecule has 1 saturated heterocycles. The summed E-state index contributed by atoms with van der Waals surface area (Å²) < 4.78 is 5.76. The number of nitrogen functional groups attached to an aromatic ring is 1. The molecular formula is C16H18N4O2. The number of ether oxygens (including phenoxy) is 1. The highest BCUT2D eigenvalue weighted by Gasteiger charge is 2.27. The molecule has 0 radical (unpaired) electrons. The van der Waals surface area contributed by atoms with Crippen LogP contribution in [0.5, 0.6) is 0 Å². The van der Waals surface area contributed by atoms with Crippen molar-refractivity contribution in [3.05, 3.63) is 53.6 Å². The van der Waals surface area contributed by atoms with Crippen LogP contribution in [-0.2, 0) is 4.74 Å². The van der Waals surface area contributed by atoms with E-state index in [1.165, 1.54) is 0 Å². The van der Waals surface area contributed by atoms with E-state index in [1.807, 2.05) is 13.0 Å². The molecule has 0 spiro atoms. The third-order valence-corrected chi connectivity index (χ3v) is 3.56. The molecule has 1 amide bonds. The fraction of sp³-hybridized carbons (Fsp3) is 0.312. The van der Waals surface area contributed by atoms with E-state index in [1.54, 1.807) is 35.4 Å². The second-order valence-electron chi connectivity index (χ2n) is 5.29. The first-order chi connectivity index (χ1) is 10.6. The molecule has 0 aliphatic carbocycles. The minimum Gasteiger partial charge on any atom is -0.399 e. The van der Waals surface area contributed by atoms with Gasteiger partial charge in [-0.3, -0.25) is 14.8 Å². The Morgan fingerprint density at radius 3 is 3.00 bits per heavy atom. The van der Waals surface area contributed by atoms with E-state index in [9.17, 15) is 4.79 Å². The quantitative estimate of drug-likeness (QED) is 0.910. The third kappa shape index (κ3) is 3.07. The number of rotatable bonds is 2. The SMILES string of the molecule is Cc1cc(N)cc([C@H]2CN(C(=O)c3ccccn3)CCO2)n1. The third-order valence-electron chi connectivity index (χ3n) is 3.56. The fourth-order valence-electron chi connectivity index (χ4n) is 2.55. The van der Waals surface area contributed by atoms with Crippen LogP contribution in [0, 0.1) is 6.92 Å². The van der Waals surface area contributed by atoms with Gasteiger partial charge < -0.3 is 15.4 Å². The Kier molecular flexibility index (Phi) is 4.02. The number of hydrogen-bond acceptors (Lipinski definition) is 5. The maximum absolute atomic E-state index is 12.5. The number of morpholine rings is 1. The Hall–Kier alpha value is -2.47. The van der Waals surface area contributed by atoms with Gasteiger partial charge >= 0.3 is 0 Å². The predicted octanol–water partition coefficient (Wildman–Crippen LogP) is 1.58. The van der Waals surface area contributed by atoms with Crippen LogP contribution < -0.4 is 5.73 Å². The van der Waals surface area contributed by atoms with E-state index in [4.69, 9.17) is 10.5 Å². The highest BCUT2D eigenvalue weighted by molar-refractivity contribution is 5.92. The lowest BCUT2D eigenvalue weighted by molar-refractivity contribution is -0.0249.